The highest BCUT2D eigenvalue weighted by Crippen LogP contribution is 2.19. The fraction of sp³-hybridized carbons (Fsp3) is 0.615. The molecule has 100 valence electrons. The van der Waals surface area contributed by atoms with E-state index in [4.69, 9.17) is 14.3 Å². The molecule has 0 bridgehead atoms. The third kappa shape index (κ3) is 3.34. The molecular weight excluding hydrogens is 234 g/mol. The Morgan fingerprint density at radius 2 is 2.22 bits per heavy atom. The molecule has 0 radical (unpaired) electrons. The molecule has 2 N–H and O–H groups in total. The van der Waals surface area contributed by atoms with Crippen LogP contribution >= 0.6 is 0 Å². The van der Waals surface area contributed by atoms with Gasteiger partial charge in [-0.3, -0.25) is 0 Å². The van der Waals surface area contributed by atoms with Crippen molar-refractivity contribution in [3.63, 3.8) is 0 Å². The number of carbonyl (C=O) groups is 1. The number of ether oxygens (including phenoxy) is 1. The highest BCUT2D eigenvalue weighted by Gasteiger charge is 2.20. The lowest BCUT2D eigenvalue weighted by molar-refractivity contribution is 0.0554. The van der Waals surface area contributed by atoms with Gasteiger partial charge in [0.05, 0.1) is 6.54 Å². The van der Waals surface area contributed by atoms with E-state index >= 15 is 0 Å². The van der Waals surface area contributed by atoms with Gasteiger partial charge in [-0.2, -0.15) is 0 Å². The third-order valence-electron chi connectivity index (χ3n) is 3.44. The number of rotatable bonds is 5. The molecule has 1 unspecified atom stereocenters. The Hall–Kier alpha value is -1.33. The van der Waals surface area contributed by atoms with Crippen LogP contribution in [0.1, 0.15) is 36.1 Å². The molecular formula is C13H19NO4. The largest absolute Gasteiger partial charge is 0.475 e. The van der Waals surface area contributed by atoms with Crippen LogP contribution in [-0.4, -0.2) is 30.3 Å². The predicted octanol–water partition coefficient (Wildman–Crippen LogP) is 1.88. The molecule has 18 heavy (non-hydrogen) atoms. The van der Waals surface area contributed by atoms with Crippen molar-refractivity contribution in [3.8, 4) is 0 Å². The smallest absolute Gasteiger partial charge is 0.371 e. The Bertz CT molecular complexity index is 395. The number of carboxylic acids is 1. The van der Waals surface area contributed by atoms with E-state index < -0.39 is 5.97 Å². The summed E-state index contributed by atoms with van der Waals surface area (Å²) >= 11 is 0. The number of aromatic carboxylic acids is 1. The van der Waals surface area contributed by atoms with Crippen LogP contribution < -0.4 is 5.32 Å². The van der Waals surface area contributed by atoms with Gasteiger partial charge in [0, 0.05) is 19.3 Å². The first-order valence-corrected chi connectivity index (χ1v) is 6.30. The van der Waals surface area contributed by atoms with E-state index in [0.29, 0.717) is 24.3 Å². The first-order valence-electron chi connectivity index (χ1n) is 6.30. The van der Waals surface area contributed by atoms with Gasteiger partial charge in [-0.1, -0.05) is 0 Å². The summed E-state index contributed by atoms with van der Waals surface area (Å²) in [7, 11) is 0. The van der Waals surface area contributed by atoms with Crippen LogP contribution in [0.3, 0.4) is 0 Å². The van der Waals surface area contributed by atoms with Crippen molar-refractivity contribution >= 4 is 5.97 Å². The Labute approximate surface area is 106 Å². The Kier molecular flexibility index (Phi) is 4.38. The van der Waals surface area contributed by atoms with Gasteiger partial charge in [-0.05, 0) is 37.8 Å². The van der Waals surface area contributed by atoms with Crippen LogP contribution in [0, 0.1) is 5.92 Å². The zero-order chi connectivity index (χ0) is 13.0. The highest BCUT2D eigenvalue weighted by molar-refractivity contribution is 5.84. The second kappa shape index (κ2) is 6.02. The van der Waals surface area contributed by atoms with E-state index in [-0.39, 0.29) is 5.76 Å². The van der Waals surface area contributed by atoms with E-state index in [0.717, 1.165) is 26.1 Å². The van der Waals surface area contributed by atoms with Crippen LogP contribution in [0.15, 0.2) is 16.5 Å². The highest BCUT2D eigenvalue weighted by atomic mass is 16.5. The quantitative estimate of drug-likeness (QED) is 0.838. The Morgan fingerprint density at radius 1 is 1.50 bits per heavy atom. The van der Waals surface area contributed by atoms with Crippen molar-refractivity contribution in [2.24, 2.45) is 5.92 Å². The van der Waals surface area contributed by atoms with Crippen LogP contribution in [-0.2, 0) is 11.3 Å². The van der Waals surface area contributed by atoms with Gasteiger partial charge in [0.25, 0.3) is 0 Å². The first-order chi connectivity index (χ1) is 8.66. The number of hydrogen-bond acceptors (Lipinski definition) is 4. The SMILES string of the molecule is CC(NCc1ccc(C(=O)O)o1)C1CCOCC1. The molecule has 1 aliphatic rings. The van der Waals surface area contributed by atoms with Gasteiger partial charge < -0.3 is 19.6 Å². The van der Waals surface area contributed by atoms with Crippen molar-refractivity contribution in [1.29, 1.82) is 0 Å². The Morgan fingerprint density at radius 3 is 2.83 bits per heavy atom. The van der Waals surface area contributed by atoms with E-state index in [2.05, 4.69) is 12.2 Å². The molecule has 0 amide bonds. The first kappa shape index (κ1) is 13.1. The zero-order valence-corrected chi connectivity index (χ0v) is 10.5. The van der Waals surface area contributed by atoms with Crippen LogP contribution in [0.25, 0.3) is 0 Å². The third-order valence-corrected chi connectivity index (χ3v) is 3.44. The van der Waals surface area contributed by atoms with Crippen LogP contribution in [0.2, 0.25) is 0 Å². The van der Waals surface area contributed by atoms with Gasteiger partial charge in [-0.15, -0.1) is 0 Å². The maximum absolute atomic E-state index is 10.7. The molecule has 5 nitrogen and oxygen atoms in total. The minimum atomic E-state index is -1.03. The summed E-state index contributed by atoms with van der Waals surface area (Å²) in [5.74, 6) is 0.239. The van der Waals surface area contributed by atoms with Crippen molar-refractivity contribution in [2.75, 3.05) is 13.2 Å². The molecule has 1 fully saturated rings. The molecule has 5 heteroatoms. The summed E-state index contributed by atoms with van der Waals surface area (Å²) < 4.78 is 10.5. The van der Waals surface area contributed by atoms with Gasteiger partial charge in [-0.25, -0.2) is 4.79 Å². The lowest BCUT2D eigenvalue weighted by Gasteiger charge is -2.28. The molecule has 2 rings (SSSR count). The lowest BCUT2D eigenvalue weighted by Crippen LogP contribution is -2.36. The minimum absolute atomic E-state index is 0.00878. The molecule has 1 aromatic rings. The van der Waals surface area contributed by atoms with Crippen LogP contribution in [0.4, 0.5) is 0 Å². The second-order valence-corrected chi connectivity index (χ2v) is 4.69. The maximum atomic E-state index is 10.7. The molecule has 0 saturated carbocycles. The fourth-order valence-corrected chi connectivity index (χ4v) is 2.23. The average molecular weight is 253 g/mol. The standard InChI is InChI=1S/C13H19NO4/c1-9(10-4-6-17-7-5-10)14-8-11-2-3-12(18-11)13(15)16/h2-3,9-10,14H,4-8H2,1H3,(H,15,16). The second-order valence-electron chi connectivity index (χ2n) is 4.69. The summed E-state index contributed by atoms with van der Waals surface area (Å²) in [5, 5.41) is 12.1. The van der Waals surface area contributed by atoms with Crippen molar-refractivity contribution in [1.82, 2.24) is 5.32 Å². The summed E-state index contributed by atoms with van der Waals surface area (Å²) in [5.41, 5.74) is 0. The zero-order valence-electron chi connectivity index (χ0n) is 10.5. The Balaban J connectivity index is 1.80. The molecule has 1 aromatic heterocycles. The molecule has 1 aliphatic heterocycles. The summed E-state index contributed by atoms with van der Waals surface area (Å²) in [6, 6.07) is 3.57. The van der Waals surface area contributed by atoms with Gasteiger partial charge in [0.15, 0.2) is 0 Å². The number of carboxylic acid groups (broad SMARTS) is 1. The van der Waals surface area contributed by atoms with E-state index in [1.54, 1.807) is 6.07 Å². The lowest BCUT2D eigenvalue weighted by atomic mass is 9.93. The predicted molar refractivity (Wildman–Crippen MR) is 65.5 cm³/mol. The monoisotopic (exact) mass is 253 g/mol. The topological polar surface area (TPSA) is 71.7 Å². The van der Waals surface area contributed by atoms with Crippen LogP contribution in [0.5, 0.6) is 0 Å². The van der Waals surface area contributed by atoms with E-state index in [1.807, 2.05) is 0 Å². The van der Waals surface area contributed by atoms with E-state index in [1.165, 1.54) is 6.07 Å². The summed E-state index contributed by atoms with van der Waals surface area (Å²) in [6.45, 7) is 4.38. The average Bonchev–Trinajstić information content (AvgIpc) is 2.86. The number of furan rings is 1. The minimum Gasteiger partial charge on any atom is -0.475 e. The summed E-state index contributed by atoms with van der Waals surface area (Å²) in [6.07, 6.45) is 2.15. The fourth-order valence-electron chi connectivity index (χ4n) is 2.23. The molecule has 0 spiro atoms. The normalized spacial score (nSPS) is 18.7. The summed E-state index contributed by atoms with van der Waals surface area (Å²) in [4.78, 5) is 10.7. The molecule has 2 heterocycles. The maximum Gasteiger partial charge on any atom is 0.371 e. The molecule has 1 atom stereocenters. The van der Waals surface area contributed by atoms with Crippen molar-refractivity contribution in [3.05, 3.63) is 23.7 Å². The van der Waals surface area contributed by atoms with Crippen molar-refractivity contribution in [2.45, 2.75) is 32.4 Å². The van der Waals surface area contributed by atoms with Gasteiger partial charge in [0.1, 0.15) is 5.76 Å². The molecule has 0 aliphatic carbocycles. The molecule has 0 aromatic carbocycles. The van der Waals surface area contributed by atoms with Gasteiger partial charge >= 0.3 is 5.97 Å². The molecule has 1 saturated heterocycles. The van der Waals surface area contributed by atoms with Crippen molar-refractivity contribution < 1.29 is 19.1 Å². The van der Waals surface area contributed by atoms with E-state index in [9.17, 15) is 4.79 Å². The van der Waals surface area contributed by atoms with Gasteiger partial charge in [0.2, 0.25) is 5.76 Å². The number of hydrogen-bond donors (Lipinski definition) is 2. The number of nitrogens with one attached hydrogen (secondary N) is 1.